The van der Waals surface area contributed by atoms with Crippen molar-refractivity contribution in [3.05, 3.63) is 60.2 Å². The highest BCUT2D eigenvalue weighted by molar-refractivity contribution is 6.00. The summed E-state index contributed by atoms with van der Waals surface area (Å²) in [6.07, 6.45) is 3.44. The summed E-state index contributed by atoms with van der Waals surface area (Å²) in [5.41, 5.74) is -0.725. The van der Waals surface area contributed by atoms with Crippen LogP contribution in [0.2, 0.25) is 0 Å². The van der Waals surface area contributed by atoms with Gasteiger partial charge in [-0.2, -0.15) is 0 Å². The van der Waals surface area contributed by atoms with Gasteiger partial charge in [-0.25, -0.2) is 0 Å². The molecule has 0 fully saturated rings. The van der Waals surface area contributed by atoms with E-state index in [1.165, 1.54) is 7.11 Å². The molecule has 0 amide bonds. The van der Waals surface area contributed by atoms with E-state index in [1.54, 1.807) is 26.0 Å². The van der Waals surface area contributed by atoms with E-state index in [-0.39, 0.29) is 32.5 Å². The summed E-state index contributed by atoms with van der Waals surface area (Å²) in [6, 6.07) is 13.7. The van der Waals surface area contributed by atoms with E-state index in [0.29, 0.717) is 0 Å². The fraction of sp³-hybridized carbons (Fsp3) is 0.375. The molecule has 0 saturated heterocycles. The average Bonchev–Trinajstić information content (AvgIpc) is 2.75. The van der Waals surface area contributed by atoms with Crippen molar-refractivity contribution in [1.82, 2.24) is 0 Å². The zero-order valence-electron chi connectivity index (χ0n) is 17.7. The molecule has 0 unspecified atom stereocenters. The van der Waals surface area contributed by atoms with Crippen molar-refractivity contribution in [3.8, 4) is 0 Å². The molecule has 0 aliphatic carbocycles. The summed E-state index contributed by atoms with van der Waals surface area (Å²) in [7, 11) is 1.30. The highest BCUT2D eigenvalue weighted by Gasteiger charge is 2.48. The second kappa shape index (κ2) is 11.1. The third-order valence-corrected chi connectivity index (χ3v) is 4.80. The van der Waals surface area contributed by atoms with Crippen LogP contribution >= 0.6 is 0 Å². The van der Waals surface area contributed by atoms with Crippen LogP contribution in [0.25, 0.3) is 10.8 Å². The molecular formula is C24H28O6. The predicted molar refractivity (Wildman–Crippen MR) is 114 cm³/mol. The molecule has 6 nitrogen and oxygen atoms in total. The van der Waals surface area contributed by atoms with Crippen molar-refractivity contribution in [2.24, 2.45) is 5.41 Å². The smallest absolute Gasteiger partial charge is 0.324 e. The van der Waals surface area contributed by atoms with E-state index in [9.17, 15) is 14.4 Å². The van der Waals surface area contributed by atoms with Gasteiger partial charge in [0, 0.05) is 0 Å². The Hall–Kier alpha value is -3.15. The van der Waals surface area contributed by atoms with Crippen LogP contribution in [0.4, 0.5) is 0 Å². The summed E-state index contributed by atoms with van der Waals surface area (Å²) in [5, 5.41) is 2.08. The average molecular weight is 412 g/mol. The lowest BCUT2D eigenvalue weighted by Gasteiger charge is -2.28. The van der Waals surface area contributed by atoms with Crippen LogP contribution in [0.1, 0.15) is 32.3 Å². The number of benzene rings is 2. The van der Waals surface area contributed by atoms with Crippen LogP contribution in [0.3, 0.4) is 0 Å². The van der Waals surface area contributed by atoms with Gasteiger partial charge in [0.25, 0.3) is 0 Å². The van der Waals surface area contributed by atoms with E-state index in [2.05, 4.69) is 4.74 Å². The van der Waals surface area contributed by atoms with Crippen LogP contribution in [0, 0.1) is 5.41 Å². The lowest BCUT2D eigenvalue weighted by atomic mass is 9.78. The standard InChI is InChI=1S/C24H28O6/c1-4-29-22(26)24(23(27)30-5-2,15-9-8-12-21(25)28-3)17-18-13-14-19-10-6-7-11-20(19)16-18/h6-11,13-14,16H,4-5,12,15,17H2,1-3H3/b9-8+. The van der Waals surface area contributed by atoms with Crippen LogP contribution in [0.5, 0.6) is 0 Å². The van der Waals surface area contributed by atoms with Crippen LogP contribution < -0.4 is 0 Å². The molecule has 0 N–H and O–H groups in total. The molecule has 2 aromatic carbocycles. The second-order valence-electron chi connectivity index (χ2n) is 6.84. The number of methoxy groups -OCH3 is 1. The minimum absolute atomic E-state index is 0.0498. The number of carbonyl (C=O) groups is 3. The van der Waals surface area contributed by atoms with Gasteiger partial charge in [0.1, 0.15) is 0 Å². The van der Waals surface area contributed by atoms with Crippen molar-refractivity contribution < 1.29 is 28.6 Å². The number of esters is 3. The van der Waals surface area contributed by atoms with Crippen molar-refractivity contribution >= 4 is 28.7 Å². The molecule has 0 aromatic heterocycles. The van der Waals surface area contributed by atoms with Gasteiger partial charge < -0.3 is 14.2 Å². The molecule has 0 radical (unpaired) electrons. The van der Waals surface area contributed by atoms with E-state index >= 15 is 0 Å². The first-order chi connectivity index (χ1) is 14.5. The van der Waals surface area contributed by atoms with E-state index < -0.39 is 23.3 Å². The van der Waals surface area contributed by atoms with E-state index in [4.69, 9.17) is 9.47 Å². The Balaban J connectivity index is 2.42. The summed E-state index contributed by atoms with van der Waals surface area (Å²) in [6.45, 7) is 3.67. The second-order valence-corrected chi connectivity index (χ2v) is 6.84. The number of allylic oxidation sites excluding steroid dienone is 1. The molecule has 30 heavy (non-hydrogen) atoms. The molecule has 0 atom stereocenters. The Bertz CT molecular complexity index is 897. The molecule has 6 heteroatoms. The first-order valence-corrected chi connectivity index (χ1v) is 10.0. The number of ether oxygens (including phenoxy) is 3. The Morgan fingerprint density at radius 2 is 1.53 bits per heavy atom. The molecule has 0 aliphatic heterocycles. The van der Waals surface area contributed by atoms with Gasteiger partial charge in [0.2, 0.25) is 0 Å². The first-order valence-electron chi connectivity index (χ1n) is 10.0. The minimum Gasteiger partial charge on any atom is -0.469 e. The number of carbonyl (C=O) groups excluding carboxylic acids is 3. The topological polar surface area (TPSA) is 78.9 Å². The third-order valence-electron chi connectivity index (χ3n) is 4.80. The number of rotatable bonds is 10. The summed E-state index contributed by atoms with van der Waals surface area (Å²) in [5.74, 6) is -1.68. The molecule has 0 aliphatic rings. The van der Waals surface area contributed by atoms with Gasteiger partial charge in [-0.15, -0.1) is 0 Å². The quantitative estimate of drug-likeness (QED) is 0.254. The highest BCUT2D eigenvalue weighted by atomic mass is 16.6. The summed E-state index contributed by atoms with van der Waals surface area (Å²) < 4.78 is 15.2. The largest absolute Gasteiger partial charge is 0.469 e. The van der Waals surface area contributed by atoms with Gasteiger partial charge in [0.15, 0.2) is 5.41 Å². The van der Waals surface area contributed by atoms with Crippen molar-refractivity contribution in [1.29, 1.82) is 0 Å². The molecular weight excluding hydrogens is 384 g/mol. The predicted octanol–water partition coefficient (Wildman–Crippen LogP) is 4.00. The van der Waals surface area contributed by atoms with Gasteiger partial charge in [0.05, 0.1) is 26.7 Å². The molecule has 0 saturated carbocycles. The van der Waals surface area contributed by atoms with Gasteiger partial charge in [-0.05, 0) is 43.0 Å². The minimum atomic E-state index is -1.54. The maximum absolute atomic E-state index is 13.0. The maximum Gasteiger partial charge on any atom is 0.324 e. The third kappa shape index (κ3) is 5.69. The van der Waals surface area contributed by atoms with Crippen LogP contribution in [-0.2, 0) is 35.0 Å². The van der Waals surface area contributed by atoms with Crippen LogP contribution in [-0.4, -0.2) is 38.2 Å². The Kier molecular flexibility index (Phi) is 8.59. The van der Waals surface area contributed by atoms with E-state index in [1.807, 2.05) is 42.5 Å². The van der Waals surface area contributed by atoms with Crippen molar-refractivity contribution in [2.75, 3.05) is 20.3 Å². The Labute approximate surface area is 176 Å². The Morgan fingerprint density at radius 3 is 2.13 bits per heavy atom. The zero-order chi connectivity index (χ0) is 22.0. The molecule has 160 valence electrons. The monoisotopic (exact) mass is 412 g/mol. The Morgan fingerprint density at radius 1 is 0.900 bits per heavy atom. The zero-order valence-corrected chi connectivity index (χ0v) is 17.7. The molecule has 2 aromatic rings. The summed E-state index contributed by atoms with van der Waals surface area (Å²) in [4.78, 5) is 37.3. The highest BCUT2D eigenvalue weighted by Crippen LogP contribution is 2.33. The maximum atomic E-state index is 13.0. The van der Waals surface area contributed by atoms with Gasteiger partial charge in [-0.1, -0.05) is 54.6 Å². The lowest BCUT2D eigenvalue weighted by molar-refractivity contribution is -0.172. The number of hydrogen-bond donors (Lipinski definition) is 0. The molecule has 0 spiro atoms. The number of fused-ring (bicyclic) bond motifs is 1. The SMILES string of the molecule is CCOC(=O)C(C/C=C/CC(=O)OC)(Cc1ccc2ccccc2c1)C(=O)OCC. The first kappa shape index (κ1) is 23.1. The molecule has 0 bridgehead atoms. The number of hydrogen-bond acceptors (Lipinski definition) is 6. The lowest BCUT2D eigenvalue weighted by Crippen LogP contribution is -2.43. The van der Waals surface area contributed by atoms with Crippen molar-refractivity contribution in [2.45, 2.75) is 33.1 Å². The fourth-order valence-electron chi connectivity index (χ4n) is 3.25. The normalized spacial score (nSPS) is 11.4. The van der Waals surface area contributed by atoms with Gasteiger partial charge >= 0.3 is 17.9 Å². The van der Waals surface area contributed by atoms with Gasteiger partial charge in [-0.3, -0.25) is 14.4 Å². The molecule has 0 heterocycles. The summed E-state index contributed by atoms with van der Waals surface area (Å²) >= 11 is 0. The van der Waals surface area contributed by atoms with Crippen molar-refractivity contribution in [3.63, 3.8) is 0 Å². The van der Waals surface area contributed by atoms with E-state index in [0.717, 1.165) is 16.3 Å². The molecule has 2 rings (SSSR count). The fourth-order valence-corrected chi connectivity index (χ4v) is 3.25. The van der Waals surface area contributed by atoms with Crippen LogP contribution in [0.15, 0.2) is 54.6 Å².